The van der Waals surface area contributed by atoms with Crippen molar-refractivity contribution in [1.29, 1.82) is 0 Å². The summed E-state index contributed by atoms with van der Waals surface area (Å²) in [6, 6.07) is 6.12. The highest BCUT2D eigenvalue weighted by molar-refractivity contribution is 5.79. The summed E-state index contributed by atoms with van der Waals surface area (Å²) in [5, 5.41) is 0. The number of piperidine rings is 1. The summed E-state index contributed by atoms with van der Waals surface area (Å²) >= 11 is 0. The third-order valence-electron chi connectivity index (χ3n) is 5.00. The van der Waals surface area contributed by atoms with Crippen molar-refractivity contribution in [3.8, 4) is 5.75 Å². The van der Waals surface area contributed by atoms with Crippen LogP contribution in [0.1, 0.15) is 43.7 Å². The molecule has 24 heavy (non-hydrogen) atoms. The third kappa shape index (κ3) is 3.57. The van der Waals surface area contributed by atoms with Gasteiger partial charge in [0.2, 0.25) is 5.91 Å². The number of likely N-dealkylation sites (tertiary alicyclic amines) is 1. The van der Waals surface area contributed by atoms with E-state index in [1.54, 1.807) is 7.11 Å². The molecule has 5 heteroatoms. The van der Waals surface area contributed by atoms with Gasteiger partial charge in [0.05, 0.1) is 26.7 Å². The Labute approximate surface area is 143 Å². The number of hydrogen-bond donors (Lipinski definition) is 0. The lowest BCUT2D eigenvalue weighted by atomic mass is 9.98. The van der Waals surface area contributed by atoms with Crippen molar-refractivity contribution in [2.45, 2.75) is 44.8 Å². The Balaban J connectivity index is 1.65. The second kappa shape index (κ2) is 7.11. The quantitative estimate of drug-likeness (QED) is 0.850. The minimum absolute atomic E-state index is 0.141. The van der Waals surface area contributed by atoms with Gasteiger partial charge in [-0.2, -0.15) is 0 Å². The number of amides is 1. The first-order valence-electron chi connectivity index (χ1n) is 8.75. The molecule has 1 spiro atoms. The minimum Gasteiger partial charge on any atom is -0.496 e. The maximum atomic E-state index is 12.7. The first kappa shape index (κ1) is 17.2. The van der Waals surface area contributed by atoms with Crippen LogP contribution in [0.2, 0.25) is 0 Å². The summed E-state index contributed by atoms with van der Waals surface area (Å²) in [5.41, 5.74) is 2.19. The fraction of sp³-hybridized carbons (Fsp3) is 0.632. The van der Waals surface area contributed by atoms with Gasteiger partial charge < -0.3 is 19.1 Å². The molecule has 2 heterocycles. The first-order chi connectivity index (χ1) is 11.5. The molecule has 2 saturated heterocycles. The molecule has 3 rings (SSSR count). The standard InChI is InChI=1S/C19H27NO4/c1-14(2)15-4-5-17(22-3)16(12-15)13-18(21)20-8-6-19(7-9-20)23-10-11-24-19/h4-5,12,14H,6-11,13H2,1-3H3. The largest absolute Gasteiger partial charge is 0.496 e. The fourth-order valence-electron chi connectivity index (χ4n) is 3.45. The summed E-state index contributed by atoms with van der Waals surface area (Å²) in [4.78, 5) is 14.6. The summed E-state index contributed by atoms with van der Waals surface area (Å²) in [7, 11) is 1.65. The Bertz CT molecular complexity index is 583. The second-order valence-electron chi connectivity index (χ2n) is 6.89. The summed E-state index contributed by atoms with van der Waals surface area (Å²) in [6.45, 7) is 6.99. The number of ether oxygens (including phenoxy) is 3. The third-order valence-corrected chi connectivity index (χ3v) is 5.00. The lowest BCUT2D eigenvalue weighted by Crippen LogP contribution is -2.47. The zero-order valence-electron chi connectivity index (χ0n) is 14.8. The van der Waals surface area contributed by atoms with Crippen molar-refractivity contribution in [3.63, 3.8) is 0 Å². The molecule has 1 aromatic rings. The van der Waals surface area contributed by atoms with Gasteiger partial charge in [-0.1, -0.05) is 26.0 Å². The predicted molar refractivity (Wildman–Crippen MR) is 91.2 cm³/mol. The van der Waals surface area contributed by atoms with Crippen molar-refractivity contribution >= 4 is 5.91 Å². The SMILES string of the molecule is COc1ccc(C(C)C)cc1CC(=O)N1CCC2(CC1)OCCO2. The van der Waals surface area contributed by atoms with Crippen molar-refractivity contribution in [1.82, 2.24) is 4.90 Å². The zero-order chi connectivity index (χ0) is 17.2. The van der Waals surface area contributed by atoms with Crippen molar-refractivity contribution < 1.29 is 19.0 Å². The number of carbonyl (C=O) groups is 1. The fourth-order valence-corrected chi connectivity index (χ4v) is 3.45. The molecule has 0 bridgehead atoms. The van der Waals surface area contributed by atoms with Crippen LogP contribution in [0.15, 0.2) is 18.2 Å². The highest BCUT2D eigenvalue weighted by Gasteiger charge is 2.40. The number of nitrogens with zero attached hydrogens (tertiary/aromatic N) is 1. The van der Waals surface area contributed by atoms with E-state index in [9.17, 15) is 4.79 Å². The second-order valence-corrected chi connectivity index (χ2v) is 6.89. The molecule has 1 amide bonds. The van der Waals surface area contributed by atoms with E-state index in [0.29, 0.717) is 38.6 Å². The van der Waals surface area contributed by atoms with Gasteiger partial charge in [-0.15, -0.1) is 0 Å². The maximum Gasteiger partial charge on any atom is 0.227 e. The zero-order valence-corrected chi connectivity index (χ0v) is 14.8. The molecule has 132 valence electrons. The molecule has 0 saturated carbocycles. The average Bonchev–Trinajstić information content (AvgIpc) is 3.03. The van der Waals surface area contributed by atoms with Gasteiger partial charge in [0.15, 0.2) is 5.79 Å². The van der Waals surface area contributed by atoms with E-state index in [1.165, 1.54) is 5.56 Å². The monoisotopic (exact) mass is 333 g/mol. The van der Waals surface area contributed by atoms with Gasteiger partial charge in [-0.3, -0.25) is 4.79 Å². The molecule has 5 nitrogen and oxygen atoms in total. The Morgan fingerprint density at radius 2 is 1.92 bits per heavy atom. The predicted octanol–water partition coefficient (Wildman–Crippen LogP) is 2.73. The van der Waals surface area contributed by atoms with E-state index >= 15 is 0 Å². The molecule has 2 aliphatic heterocycles. The summed E-state index contributed by atoms with van der Waals surface area (Å²) in [5.74, 6) is 0.911. The Hall–Kier alpha value is -1.59. The van der Waals surface area contributed by atoms with Gasteiger partial charge in [-0.05, 0) is 17.5 Å². The lowest BCUT2D eigenvalue weighted by Gasteiger charge is -2.37. The van der Waals surface area contributed by atoms with Crippen LogP contribution in [0.5, 0.6) is 5.75 Å². The van der Waals surface area contributed by atoms with Crippen molar-refractivity contribution in [2.24, 2.45) is 0 Å². The Kier molecular flexibility index (Phi) is 5.11. The van der Waals surface area contributed by atoms with E-state index in [2.05, 4.69) is 26.0 Å². The van der Waals surface area contributed by atoms with E-state index < -0.39 is 5.79 Å². The summed E-state index contributed by atoms with van der Waals surface area (Å²) < 4.78 is 16.9. The van der Waals surface area contributed by atoms with Gasteiger partial charge in [0.25, 0.3) is 0 Å². The van der Waals surface area contributed by atoms with Crippen LogP contribution in [0.25, 0.3) is 0 Å². The molecular weight excluding hydrogens is 306 g/mol. The minimum atomic E-state index is -0.438. The summed E-state index contributed by atoms with van der Waals surface area (Å²) in [6.07, 6.45) is 1.88. The Morgan fingerprint density at radius 3 is 2.50 bits per heavy atom. The Morgan fingerprint density at radius 1 is 1.25 bits per heavy atom. The molecule has 0 N–H and O–H groups in total. The normalized spacial score (nSPS) is 19.9. The van der Waals surface area contributed by atoms with Crippen LogP contribution in [0.4, 0.5) is 0 Å². The van der Waals surface area contributed by atoms with E-state index in [4.69, 9.17) is 14.2 Å². The topological polar surface area (TPSA) is 48.0 Å². The van der Waals surface area contributed by atoms with Crippen molar-refractivity contribution in [3.05, 3.63) is 29.3 Å². The number of methoxy groups -OCH3 is 1. The highest BCUT2D eigenvalue weighted by atomic mass is 16.7. The molecule has 2 aliphatic rings. The van der Waals surface area contributed by atoms with E-state index in [1.807, 2.05) is 11.0 Å². The van der Waals surface area contributed by atoms with Gasteiger partial charge in [0.1, 0.15) is 5.75 Å². The van der Waals surface area contributed by atoms with Gasteiger partial charge in [-0.25, -0.2) is 0 Å². The lowest BCUT2D eigenvalue weighted by molar-refractivity contribution is -0.187. The smallest absolute Gasteiger partial charge is 0.227 e. The molecule has 0 aromatic heterocycles. The highest BCUT2D eigenvalue weighted by Crippen LogP contribution is 2.32. The molecule has 0 unspecified atom stereocenters. The van der Waals surface area contributed by atoms with Gasteiger partial charge >= 0.3 is 0 Å². The van der Waals surface area contributed by atoms with Crippen LogP contribution in [-0.4, -0.2) is 50.0 Å². The van der Waals surface area contributed by atoms with Crippen LogP contribution in [-0.2, 0) is 20.7 Å². The molecule has 2 fully saturated rings. The molecular formula is C19H27NO4. The molecule has 0 atom stereocenters. The molecule has 0 aliphatic carbocycles. The maximum absolute atomic E-state index is 12.7. The van der Waals surface area contributed by atoms with Crippen LogP contribution in [0.3, 0.4) is 0 Å². The number of hydrogen-bond acceptors (Lipinski definition) is 4. The van der Waals surface area contributed by atoms with Crippen LogP contribution < -0.4 is 4.74 Å². The molecule has 1 aromatic carbocycles. The first-order valence-corrected chi connectivity index (χ1v) is 8.75. The van der Waals surface area contributed by atoms with Crippen molar-refractivity contribution in [2.75, 3.05) is 33.4 Å². The van der Waals surface area contributed by atoms with E-state index in [-0.39, 0.29) is 5.91 Å². The number of carbonyl (C=O) groups excluding carboxylic acids is 1. The van der Waals surface area contributed by atoms with Gasteiger partial charge in [0, 0.05) is 31.5 Å². The number of benzene rings is 1. The average molecular weight is 333 g/mol. The van der Waals surface area contributed by atoms with Crippen LogP contribution >= 0.6 is 0 Å². The number of rotatable bonds is 4. The van der Waals surface area contributed by atoms with E-state index in [0.717, 1.165) is 24.2 Å². The molecule has 0 radical (unpaired) electrons. The van der Waals surface area contributed by atoms with Crippen LogP contribution in [0, 0.1) is 0 Å².